The van der Waals surface area contributed by atoms with Crippen LogP contribution in [0.3, 0.4) is 0 Å². The molecule has 0 bridgehead atoms. The third-order valence-corrected chi connectivity index (χ3v) is 6.24. The number of hydrogen-bond donors (Lipinski definition) is 3. The number of primary amides is 1. The molecule has 0 radical (unpaired) electrons. The second-order valence-corrected chi connectivity index (χ2v) is 8.57. The summed E-state index contributed by atoms with van der Waals surface area (Å²) in [5.41, 5.74) is 14.8. The number of rotatable bonds is 7. The van der Waals surface area contributed by atoms with Crippen LogP contribution in [0.1, 0.15) is 58.5 Å². The smallest absolute Gasteiger partial charge is 0.255 e. The molecule has 33 heavy (non-hydrogen) atoms. The molecule has 2 amide bonds. The van der Waals surface area contributed by atoms with Gasteiger partial charge in [0.1, 0.15) is 22.8 Å². The van der Waals surface area contributed by atoms with E-state index in [-0.39, 0.29) is 17.5 Å². The minimum atomic E-state index is -0.590. The van der Waals surface area contributed by atoms with Crippen molar-refractivity contribution in [3.05, 3.63) is 65.2 Å². The molecule has 1 aliphatic rings. The molecular weight excluding hydrogens is 418 g/mol. The molecule has 0 saturated heterocycles. The summed E-state index contributed by atoms with van der Waals surface area (Å²) in [6, 6.07) is 14.7. The summed E-state index contributed by atoms with van der Waals surface area (Å²) in [5, 5.41) is 7.59. The Labute approximate surface area is 192 Å². The Balaban J connectivity index is 1.52. The van der Waals surface area contributed by atoms with E-state index in [9.17, 15) is 9.59 Å². The van der Waals surface area contributed by atoms with E-state index in [2.05, 4.69) is 17.3 Å². The van der Waals surface area contributed by atoms with Gasteiger partial charge in [0.15, 0.2) is 0 Å². The van der Waals surface area contributed by atoms with Crippen molar-refractivity contribution in [2.75, 3.05) is 12.8 Å². The number of anilines is 1. The molecule has 8 nitrogen and oxygen atoms in total. The molecule has 0 unspecified atom stereocenters. The summed E-state index contributed by atoms with van der Waals surface area (Å²) in [7, 11) is 1.53. The van der Waals surface area contributed by atoms with E-state index in [0.29, 0.717) is 35.3 Å². The average molecular weight is 448 g/mol. The van der Waals surface area contributed by atoms with Crippen LogP contribution in [0.2, 0.25) is 0 Å². The maximum Gasteiger partial charge on any atom is 0.255 e. The van der Waals surface area contributed by atoms with Crippen molar-refractivity contribution in [1.29, 1.82) is 0 Å². The van der Waals surface area contributed by atoms with Gasteiger partial charge in [0.05, 0.1) is 18.7 Å². The Kier molecular flexibility index (Phi) is 6.35. The molecule has 1 saturated carbocycles. The number of nitrogen functional groups attached to an aromatic ring is 1. The van der Waals surface area contributed by atoms with Crippen LogP contribution >= 0.6 is 0 Å². The van der Waals surface area contributed by atoms with E-state index in [0.717, 1.165) is 30.4 Å². The lowest BCUT2D eigenvalue weighted by Gasteiger charge is -2.12. The Morgan fingerprint density at radius 2 is 1.88 bits per heavy atom. The fourth-order valence-corrected chi connectivity index (χ4v) is 4.46. The van der Waals surface area contributed by atoms with E-state index in [1.54, 1.807) is 22.9 Å². The fraction of sp³-hybridized carbons (Fsp3) is 0.320. The first-order valence-electron chi connectivity index (χ1n) is 11.1. The first-order chi connectivity index (χ1) is 15.9. The molecule has 2 atom stereocenters. The van der Waals surface area contributed by atoms with Gasteiger partial charge in [0.2, 0.25) is 0 Å². The average Bonchev–Trinajstić information content (AvgIpc) is 3.40. The van der Waals surface area contributed by atoms with Gasteiger partial charge in [-0.15, -0.1) is 0 Å². The molecule has 5 N–H and O–H groups in total. The predicted octanol–water partition coefficient (Wildman–Crippen LogP) is 3.53. The van der Waals surface area contributed by atoms with E-state index in [4.69, 9.17) is 16.2 Å². The third kappa shape index (κ3) is 4.55. The van der Waals surface area contributed by atoms with Gasteiger partial charge in [-0.1, -0.05) is 43.3 Å². The highest BCUT2D eigenvalue weighted by molar-refractivity contribution is 6.03. The van der Waals surface area contributed by atoms with Crippen molar-refractivity contribution in [3.8, 4) is 17.0 Å². The highest BCUT2D eigenvalue weighted by atomic mass is 16.5. The number of aromatic nitrogens is 2. The lowest BCUT2D eigenvalue weighted by Crippen LogP contribution is -2.23. The van der Waals surface area contributed by atoms with Crippen LogP contribution in [0.25, 0.3) is 11.3 Å². The monoisotopic (exact) mass is 447 g/mol. The summed E-state index contributed by atoms with van der Waals surface area (Å²) in [5.74, 6) is 0.640. The number of amides is 2. The number of hydrogen-bond acceptors (Lipinski definition) is 5. The van der Waals surface area contributed by atoms with Crippen molar-refractivity contribution < 1.29 is 14.3 Å². The molecule has 1 aromatic heterocycles. The first-order valence-corrected chi connectivity index (χ1v) is 11.1. The lowest BCUT2D eigenvalue weighted by molar-refractivity contribution is 0.0946. The number of nitrogens with one attached hydrogen (secondary N) is 1. The van der Waals surface area contributed by atoms with Crippen LogP contribution in [0.5, 0.6) is 5.75 Å². The van der Waals surface area contributed by atoms with Crippen molar-refractivity contribution in [2.45, 2.75) is 38.8 Å². The molecule has 1 fully saturated rings. The zero-order valence-electron chi connectivity index (χ0n) is 18.9. The SMILES string of the molecule is COc1ccccc1C(=O)NCc1ccc(-c2nn([C@H]3CC[C@H](C)C3)c(N)c2C(N)=O)cc1. The lowest BCUT2D eigenvalue weighted by atomic mass is 10.0. The van der Waals surface area contributed by atoms with Gasteiger partial charge in [-0.05, 0) is 42.9 Å². The van der Waals surface area contributed by atoms with Crippen molar-refractivity contribution in [1.82, 2.24) is 15.1 Å². The van der Waals surface area contributed by atoms with Crippen molar-refractivity contribution in [3.63, 3.8) is 0 Å². The third-order valence-electron chi connectivity index (χ3n) is 6.24. The van der Waals surface area contributed by atoms with E-state index >= 15 is 0 Å². The topological polar surface area (TPSA) is 125 Å². The number of para-hydroxylation sites is 1. The fourth-order valence-electron chi connectivity index (χ4n) is 4.46. The van der Waals surface area contributed by atoms with E-state index in [1.807, 2.05) is 30.3 Å². The Hall–Kier alpha value is -3.81. The molecule has 1 aliphatic carbocycles. The zero-order chi connectivity index (χ0) is 23.5. The van der Waals surface area contributed by atoms with Crippen LogP contribution in [0.15, 0.2) is 48.5 Å². The zero-order valence-corrected chi connectivity index (χ0v) is 18.9. The second kappa shape index (κ2) is 9.36. The summed E-state index contributed by atoms with van der Waals surface area (Å²) in [4.78, 5) is 24.7. The minimum absolute atomic E-state index is 0.177. The largest absolute Gasteiger partial charge is 0.496 e. The summed E-state index contributed by atoms with van der Waals surface area (Å²) in [6.45, 7) is 2.55. The molecule has 0 spiro atoms. The van der Waals surface area contributed by atoms with Gasteiger partial charge < -0.3 is 21.5 Å². The van der Waals surface area contributed by atoms with Crippen LogP contribution in [-0.2, 0) is 6.54 Å². The van der Waals surface area contributed by atoms with Gasteiger partial charge in [0.25, 0.3) is 11.8 Å². The van der Waals surface area contributed by atoms with Crippen molar-refractivity contribution >= 4 is 17.6 Å². The number of carbonyl (C=O) groups excluding carboxylic acids is 2. The van der Waals surface area contributed by atoms with E-state index < -0.39 is 5.91 Å². The molecule has 1 heterocycles. The van der Waals surface area contributed by atoms with Gasteiger partial charge in [-0.25, -0.2) is 4.68 Å². The highest BCUT2D eigenvalue weighted by Crippen LogP contribution is 2.38. The Bertz CT molecular complexity index is 1170. The molecule has 2 aromatic carbocycles. The number of nitrogens with zero attached hydrogens (tertiary/aromatic N) is 2. The summed E-state index contributed by atoms with van der Waals surface area (Å²) >= 11 is 0. The van der Waals surface area contributed by atoms with E-state index in [1.165, 1.54) is 7.11 Å². The van der Waals surface area contributed by atoms with Gasteiger partial charge in [0, 0.05) is 12.1 Å². The molecule has 0 aliphatic heterocycles. The number of methoxy groups -OCH3 is 1. The minimum Gasteiger partial charge on any atom is -0.496 e. The standard InChI is InChI=1S/C25H29N5O3/c1-15-7-12-18(13-15)30-23(26)21(24(27)31)22(29-30)17-10-8-16(9-11-17)14-28-25(32)19-5-3-4-6-20(19)33-2/h3-6,8-11,15,18H,7,12-14,26H2,1-2H3,(H2,27,31)(H,28,32)/t15-,18-/m0/s1. The molecule has 172 valence electrons. The van der Waals surface area contributed by atoms with Crippen LogP contribution in [-0.4, -0.2) is 28.7 Å². The predicted molar refractivity (Wildman–Crippen MR) is 127 cm³/mol. The summed E-state index contributed by atoms with van der Waals surface area (Å²) < 4.78 is 7.01. The number of nitrogens with two attached hydrogens (primary N) is 2. The van der Waals surface area contributed by atoms with Gasteiger partial charge >= 0.3 is 0 Å². The normalized spacial score (nSPS) is 17.6. The summed E-state index contributed by atoms with van der Waals surface area (Å²) in [6.07, 6.45) is 3.07. The maximum absolute atomic E-state index is 12.5. The van der Waals surface area contributed by atoms with Crippen molar-refractivity contribution in [2.24, 2.45) is 11.7 Å². The quantitative estimate of drug-likeness (QED) is 0.511. The maximum atomic E-state index is 12.5. The van der Waals surface area contributed by atoms with Gasteiger partial charge in [-0.3, -0.25) is 9.59 Å². The number of ether oxygens (including phenoxy) is 1. The van der Waals surface area contributed by atoms with Crippen LogP contribution in [0, 0.1) is 5.92 Å². The molecular formula is C25H29N5O3. The van der Waals surface area contributed by atoms with Crippen LogP contribution < -0.4 is 21.5 Å². The molecule has 3 aromatic rings. The molecule has 8 heteroatoms. The molecule has 4 rings (SSSR count). The number of carbonyl (C=O) groups is 2. The second-order valence-electron chi connectivity index (χ2n) is 8.57. The van der Waals surface area contributed by atoms with Gasteiger partial charge in [-0.2, -0.15) is 5.10 Å². The first kappa shape index (κ1) is 22.4. The Morgan fingerprint density at radius 1 is 1.15 bits per heavy atom. The Morgan fingerprint density at radius 3 is 2.52 bits per heavy atom. The number of benzene rings is 2. The highest BCUT2D eigenvalue weighted by Gasteiger charge is 2.29. The van der Waals surface area contributed by atoms with Crippen LogP contribution in [0.4, 0.5) is 5.82 Å².